The van der Waals surface area contributed by atoms with E-state index >= 15 is 0 Å². The highest BCUT2D eigenvalue weighted by molar-refractivity contribution is 5.86. The lowest BCUT2D eigenvalue weighted by Gasteiger charge is -2.16. The van der Waals surface area contributed by atoms with Gasteiger partial charge in [0, 0.05) is 5.69 Å². The number of nitrogens with two attached hydrogens (primary N) is 1. The smallest absolute Gasteiger partial charge is 0.0625 e. The van der Waals surface area contributed by atoms with Crippen LogP contribution < -0.4 is 5.73 Å². The molecular formula is C18H21N3. The lowest BCUT2D eigenvalue weighted by molar-refractivity contribution is 0.517. The monoisotopic (exact) mass is 279 g/mol. The van der Waals surface area contributed by atoms with Crippen molar-refractivity contribution >= 4 is 10.8 Å². The molecule has 1 aromatic heterocycles. The van der Waals surface area contributed by atoms with Crippen molar-refractivity contribution in [1.82, 2.24) is 9.78 Å². The zero-order chi connectivity index (χ0) is 15.0. The van der Waals surface area contributed by atoms with Crippen LogP contribution in [0.2, 0.25) is 0 Å². The van der Waals surface area contributed by atoms with E-state index in [9.17, 15) is 0 Å². The molecule has 0 aliphatic heterocycles. The van der Waals surface area contributed by atoms with E-state index in [0.29, 0.717) is 6.54 Å². The van der Waals surface area contributed by atoms with Gasteiger partial charge in [0.25, 0.3) is 0 Å². The zero-order valence-electron chi connectivity index (χ0n) is 12.8. The van der Waals surface area contributed by atoms with E-state index in [-0.39, 0.29) is 6.04 Å². The molecule has 3 rings (SSSR count). The molecule has 0 saturated carbocycles. The van der Waals surface area contributed by atoms with Gasteiger partial charge < -0.3 is 5.73 Å². The minimum Gasteiger partial charge on any atom is -0.322 e. The van der Waals surface area contributed by atoms with Gasteiger partial charge >= 0.3 is 0 Å². The van der Waals surface area contributed by atoms with Gasteiger partial charge in [-0.25, -0.2) is 0 Å². The van der Waals surface area contributed by atoms with Crippen molar-refractivity contribution in [2.75, 3.05) is 0 Å². The summed E-state index contributed by atoms with van der Waals surface area (Å²) in [6.07, 6.45) is 0. The number of aromatic nitrogens is 2. The van der Waals surface area contributed by atoms with Gasteiger partial charge in [0.1, 0.15) is 0 Å². The molecule has 0 saturated heterocycles. The Labute approximate surface area is 125 Å². The lowest BCUT2D eigenvalue weighted by atomic mass is 9.99. The predicted molar refractivity (Wildman–Crippen MR) is 87.3 cm³/mol. The van der Waals surface area contributed by atoms with E-state index in [4.69, 9.17) is 5.73 Å². The van der Waals surface area contributed by atoms with Crippen molar-refractivity contribution in [2.24, 2.45) is 5.73 Å². The third-order valence-electron chi connectivity index (χ3n) is 4.34. The largest absolute Gasteiger partial charge is 0.322 e. The molecule has 1 heterocycles. The average molecular weight is 279 g/mol. The highest BCUT2D eigenvalue weighted by Gasteiger charge is 2.14. The summed E-state index contributed by atoms with van der Waals surface area (Å²) in [5.41, 5.74) is 11.2. The van der Waals surface area contributed by atoms with Gasteiger partial charge in [-0.2, -0.15) is 5.10 Å². The Bertz CT molecular complexity index is 781. The average Bonchev–Trinajstić information content (AvgIpc) is 2.74. The first kappa shape index (κ1) is 13.8. The molecule has 0 amide bonds. The molecule has 21 heavy (non-hydrogen) atoms. The molecule has 0 radical (unpaired) electrons. The number of benzene rings is 2. The van der Waals surface area contributed by atoms with E-state index in [0.717, 1.165) is 5.69 Å². The molecule has 2 aromatic carbocycles. The molecule has 0 aliphatic rings. The van der Waals surface area contributed by atoms with Crippen molar-refractivity contribution < 1.29 is 0 Å². The quantitative estimate of drug-likeness (QED) is 0.795. The Morgan fingerprint density at radius 3 is 2.48 bits per heavy atom. The van der Waals surface area contributed by atoms with Gasteiger partial charge in [-0.3, -0.25) is 4.68 Å². The van der Waals surface area contributed by atoms with Crippen molar-refractivity contribution in [3.05, 3.63) is 65.0 Å². The fourth-order valence-corrected chi connectivity index (χ4v) is 2.82. The minimum atomic E-state index is -0.0616. The second kappa shape index (κ2) is 5.34. The highest BCUT2D eigenvalue weighted by atomic mass is 15.3. The van der Waals surface area contributed by atoms with Crippen LogP contribution >= 0.6 is 0 Å². The normalized spacial score (nSPS) is 12.8. The summed E-state index contributed by atoms with van der Waals surface area (Å²) in [6, 6.07) is 14.6. The van der Waals surface area contributed by atoms with Gasteiger partial charge in [-0.05, 0) is 42.7 Å². The van der Waals surface area contributed by atoms with Crippen molar-refractivity contribution in [2.45, 2.75) is 33.4 Å². The molecule has 108 valence electrons. The Morgan fingerprint density at radius 1 is 1.05 bits per heavy atom. The summed E-state index contributed by atoms with van der Waals surface area (Å²) in [5.74, 6) is 0. The van der Waals surface area contributed by atoms with Crippen molar-refractivity contribution in [3.63, 3.8) is 0 Å². The van der Waals surface area contributed by atoms with Gasteiger partial charge in [0.2, 0.25) is 0 Å². The van der Waals surface area contributed by atoms with Crippen molar-refractivity contribution in [1.29, 1.82) is 0 Å². The van der Waals surface area contributed by atoms with Crippen LogP contribution in [-0.2, 0) is 6.54 Å². The molecule has 1 unspecified atom stereocenters. The van der Waals surface area contributed by atoms with Gasteiger partial charge in [-0.15, -0.1) is 0 Å². The standard InChI is InChI=1S/C18H21N3/c1-12-13(2)20-21(14(12)3)11-18(19)17-10-6-8-15-7-4-5-9-16(15)17/h4-10,18H,11,19H2,1-3H3. The molecule has 3 heteroatoms. The molecule has 0 bridgehead atoms. The van der Waals surface area contributed by atoms with E-state index in [2.05, 4.69) is 61.4 Å². The first-order valence-electron chi connectivity index (χ1n) is 7.32. The Kier molecular flexibility index (Phi) is 3.52. The van der Waals surface area contributed by atoms with Crippen LogP contribution in [0.1, 0.15) is 28.6 Å². The number of fused-ring (bicyclic) bond motifs is 1. The maximum Gasteiger partial charge on any atom is 0.0625 e. The molecule has 0 aliphatic carbocycles. The van der Waals surface area contributed by atoms with Crippen molar-refractivity contribution in [3.8, 4) is 0 Å². The fourth-order valence-electron chi connectivity index (χ4n) is 2.82. The second-order valence-corrected chi connectivity index (χ2v) is 5.65. The van der Waals surface area contributed by atoms with Crippen LogP contribution in [0.4, 0.5) is 0 Å². The third kappa shape index (κ3) is 2.45. The fraction of sp³-hybridized carbons (Fsp3) is 0.278. The van der Waals surface area contributed by atoms with Crippen LogP contribution in [0.5, 0.6) is 0 Å². The first-order valence-corrected chi connectivity index (χ1v) is 7.32. The number of nitrogens with zero attached hydrogens (tertiary/aromatic N) is 2. The molecule has 3 nitrogen and oxygen atoms in total. The summed E-state index contributed by atoms with van der Waals surface area (Å²) in [5, 5.41) is 7.05. The second-order valence-electron chi connectivity index (χ2n) is 5.65. The zero-order valence-corrected chi connectivity index (χ0v) is 12.8. The molecular weight excluding hydrogens is 258 g/mol. The Morgan fingerprint density at radius 2 is 1.76 bits per heavy atom. The highest BCUT2D eigenvalue weighted by Crippen LogP contribution is 2.24. The van der Waals surface area contributed by atoms with Crippen LogP contribution in [0.25, 0.3) is 10.8 Å². The number of hydrogen-bond acceptors (Lipinski definition) is 2. The van der Waals surface area contributed by atoms with Gasteiger partial charge in [0.05, 0.1) is 18.3 Å². The molecule has 3 aromatic rings. The van der Waals surface area contributed by atoms with Gasteiger partial charge in [-0.1, -0.05) is 42.5 Å². The molecule has 2 N–H and O–H groups in total. The van der Waals surface area contributed by atoms with Crippen LogP contribution in [0, 0.1) is 20.8 Å². The maximum atomic E-state index is 6.46. The minimum absolute atomic E-state index is 0.0616. The van der Waals surface area contributed by atoms with E-state index in [1.54, 1.807) is 0 Å². The first-order chi connectivity index (χ1) is 10.1. The molecule has 0 fully saturated rings. The summed E-state index contributed by atoms with van der Waals surface area (Å²) in [7, 11) is 0. The van der Waals surface area contributed by atoms with Crippen LogP contribution in [0.15, 0.2) is 42.5 Å². The number of rotatable bonds is 3. The van der Waals surface area contributed by atoms with E-state index < -0.39 is 0 Å². The van der Waals surface area contributed by atoms with E-state index in [1.165, 1.54) is 27.6 Å². The Balaban J connectivity index is 1.97. The summed E-state index contributed by atoms with van der Waals surface area (Å²) in [6.45, 7) is 6.96. The van der Waals surface area contributed by atoms with Gasteiger partial charge in [0.15, 0.2) is 0 Å². The lowest BCUT2D eigenvalue weighted by Crippen LogP contribution is -2.19. The molecule has 1 atom stereocenters. The molecule has 0 spiro atoms. The summed E-state index contributed by atoms with van der Waals surface area (Å²) in [4.78, 5) is 0. The maximum absolute atomic E-state index is 6.46. The topological polar surface area (TPSA) is 43.8 Å². The van der Waals surface area contributed by atoms with Crippen LogP contribution in [0.3, 0.4) is 0 Å². The predicted octanol–water partition coefficient (Wildman–Crippen LogP) is 3.66. The third-order valence-corrected chi connectivity index (χ3v) is 4.34. The number of aryl methyl sites for hydroxylation is 1. The summed E-state index contributed by atoms with van der Waals surface area (Å²) < 4.78 is 2.02. The van der Waals surface area contributed by atoms with Crippen LogP contribution in [-0.4, -0.2) is 9.78 Å². The SMILES string of the molecule is Cc1nn(CC(N)c2cccc3ccccc23)c(C)c1C. The summed E-state index contributed by atoms with van der Waals surface area (Å²) >= 11 is 0. The Hall–Kier alpha value is -2.13. The number of hydrogen-bond donors (Lipinski definition) is 1. The van der Waals surface area contributed by atoms with E-state index in [1.807, 2.05) is 11.6 Å².